The molecule has 2 aromatic carbocycles. The van der Waals surface area contributed by atoms with Crippen molar-refractivity contribution in [3.05, 3.63) is 77.7 Å². The van der Waals surface area contributed by atoms with Gasteiger partial charge in [-0.3, -0.25) is 4.79 Å². The lowest BCUT2D eigenvalue weighted by Crippen LogP contribution is -2.31. The predicted molar refractivity (Wildman–Crippen MR) is 115 cm³/mol. The normalized spacial score (nSPS) is 11.6. The molecule has 0 bridgehead atoms. The van der Waals surface area contributed by atoms with Crippen molar-refractivity contribution in [2.45, 2.75) is 38.6 Å². The van der Waals surface area contributed by atoms with Crippen molar-refractivity contribution in [1.29, 1.82) is 0 Å². The topological polar surface area (TPSA) is 101 Å². The number of nitrogens with one attached hydrogen (secondary N) is 2. The zero-order valence-electron chi connectivity index (χ0n) is 17.0. The molecule has 0 radical (unpaired) electrons. The minimum absolute atomic E-state index is 0.0757. The van der Waals surface area contributed by atoms with E-state index in [9.17, 15) is 13.2 Å². The standard InChI is InChI=1S/C22H25N3O4S/c1-16(2)25-30(27,28)15-18-10-8-17(9-11-18)13-23-21(26)12-20-14-29-22(24-20)19-6-4-3-5-7-19/h3-11,14,16,25H,12-13,15H2,1-2H3,(H,23,26). The molecule has 0 aliphatic rings. The highest BCUT2D eigenvalue weighted by Gasteiger charge is 2.13. The summed E-state index contributed by atoms with van der Waals surface area (Å²) in [4.78, 5) is 16.6. The van der Waals surface area contributed by atoms with Crippen molar-refractivity contribution in [3.8, 4) is 11.5 Å². The molecule has 0 aliphatic heterocycles. The van der Waals surface area contributed by atoms with Crippen LogP contribution in [0.4, 0.5) is 0 Å². The number of hydrogen-bond acceptors (Lipinski definition) is 5. The van der Waals surface area contributed by atoms with E-state index < -0.39 is 10.0 Å². The molecule has 1 heterocycles. The second-order valence-corrected chi connectivity index (χ2v) is 9.07. The number of hydrogen-bond donors (Lipinski definition) is 2. The Labute approximate surface area is 176 Å². The first-order chi connectivity index (χ1) is 14.3. The average Bonchev–Trinajstić information content (AvgIpc) is 3.15. The van der Waals surface area contributed by atoms with E-state index in [2.05, 4.69) is 15.0 Å². The van der Waals surface area contributed by atoms with Crippen molar-refractivity contribution in [3.63, 3.8) is 0 Å². The van der Waals surface area contributed by atoms with Crippen molar-refractivity contribution < 1.29 is 17.6 Å². The summed E-state index contributed by atoms with van der Waals surface area (Å²) >= 11 is 0. The highest BCUT2D eigenvalue weighted by molar-refractivity contribution is 7.88. The summed E-state index contributed by atoms with van der Waals surface area (Å²) in [6.45, 7) is 3.91. The van der Waals surface area contributed by atoms with Gasteiger partial charge in [-0.2, -0.15) is 0 Å². The molecule has 3 rings (SSSR count). The molecule has 7 nitrogen and oxygen atoms in total. The Morgan fingerprint density at radius 1 is 1.03 bits per heavy atom. The van der Waals surface area contributed by atoms with E-state index in [1.807, 2.05) is 42.5 Å². The van der Waals surface area contributed by atoms with Gasteiger partial charge in [0.1, 0.15) is 6.26 Å². The Kier molecular flexibility index (Phi) is 7.02. The van der Waals surface area contributed by atoms with Gasteiger partial charge in [0.15, 0.2) is 0 Å². The fourth-order valence-corrected chi connectivity index (χ4v) is 4.34. The van der Waals surface area contributed by atoms with E-state index in [0.717, 1.165) is 11.1 Å². The Balaban J connectivity index is 1.50. The zero-order chi connectivity index (χ0) is 21.6. The third-order valence-electron chi connectivity index (χ3n) is 4.20. The summed E-state index contributed by atoms with van der Waals surface area (Å²) in [6.07, 6.45) is 1.61. The summed E-state index contributed by atoms with van der Waals surface area (Å²) in [5, 5.41) is 2.84. The van der Waals surface area contributed by atoms with Gasteiger partial charge in [-0.05, 0) is 37.1 Å². The van der Waals surface area contributed by atoms with Gasteiger partial charge in [0, 0.05) is 18.2 Å². The molecule has 30 heavy (non-hydrogen) atoms. The van der Waals surface area contributed by atoms with Crippen molar-refractivity contribution in [2.75, 3.05) is 0 Å². The third kappa shape index (κ3) is 6.53. The molecule has 3 aromatic rings. The van der Waals surface area contributed by atoms with Crippen LogP contribution in [-0.2, 0) is 33.5 Å². The van der Waals surface area contributed by atoms with Gasteiger partial charge >= 0.3 is 0 Å². The van der Waals surface area contributed by atoms with Crippen LogP contribution in [-0.4, -0.2) is 25.4 Å². The van der Waals surface area contributed by atoms with Crippen LogP contribution in [0, 0.1) is 0 Å². The van der Waals surface area contributed by atoms with E-state index in [0.29, 0.717) is 23.7 Å². The van der Waals surface area contributed by atoms with Crippen molar-refractivity contribution in [2.24, 2.45) is 0 Å². The van der Waals surface area contributed by atoms with E-state index in [-0.39, 0.29) is 24.1 Å². The van der Waals surface area contributed by atoms with Crippen LogP contribution in [0.2, 0.25) is 0 Å². The van der Waals surface area contributed by atoms with Crippen molar-refractivity contribution >= 4 is 15.9 Å². The van der Waals surface area contributed by atoms with E-state index in [1.54, 1.807) is 26.0 Å². The molecule has 0 unspecified atom stereocenters. The molecule has 0 fully saturated rings. The molecule has 0 aliphatic carbocycles. The van der Waals surface area contributed by atoms with Crippen LogP contribution >= 0.6 is 0 Å². The lowest BCUT2D eigenvalue weighted by molar-refractivity contribution is -0.120. The molecule has 0 saturated carbocycles. The van der Waals surface area contributed by atoms with Gasteiger partial charge < -0.3 is 9.73 Å². The maximum atomic E-state index is 12.2. The molecule has 158 valence electrons. The van der Waals surface area contributed by atoms with E-state index in [1.165, 1.54) is 6.26 Å². The number of sulfonamides is 1. The van der Waals surface area contributed by atoms with Crippen LogP contribution in [0.3, 0.4) is 0 Å². The summed E-state index contributed by atoms with van der Waals surface area (Å²) in [7, 11) is -3.36. The first-order valence-corrected chi connectivity index (χ1v) is 11.3. The Morgan fingerprint density at radius 2 is 1.70 bits per heavy atom. The number of carbonyl (C=O) groups is 1. The third-order valence-corrected chi connectivity index (χ3v) is 5.74. The second kappa shape index (κ2) is 9.69. The smallest absolute Gasteiger partial charge is 0.226 e. The van der Waals surface area contributed by atoms with Crippen LogP contribution < -0.4 is 10.0 Å². The van der Waals surface area contributed by atoms with Crippen LogP contribution in [0.25, 0.3) is 11.5 Å². The highest BCUT2D eigenvalue weighted by Crippen LogP contribution is 2.18. The zero-order valence-corrected chi connectivity index (χ0v) is 17.8. The van der Waals surface area contributed by atoms with Gasteiger partial charge in [-0.15, -0.1) is 0 Å². The van der Waals surface area contributed by atoms with E-state index in [4.69, 9.17) is 4.42 Å². The summed E-state index contributed by atoms with van der Waals surface area (Å²) in [5.74, 6) is 0.236. The fraction of sp³-hybridized carbons (Fsp3) is 0.273. The fourth-order valence-electron chi connectivity index (χ4n) is 2.90. The maximum Gasteiger partial charge on any atom is 0.226 e. The number of benzene rings is 2. The minimum atomic E-state index is -3.36. The molecule has 0 saturated heterocycles. The Hall–Kier alpha value is -2.97. The molecule has 0 atom stereocenters. The Bertz CT molecular complexity index is 1080. The van der Waals surface area contributed by atoms with Gasteiger partial charge in [-0.25, -0.2) is 18.1 Å². The van der Waals surface area contributed by atoms with Crippen molar-refractivity contribution in [1.82, 2.24) is 15.0 Å². The molecule has 1 amide bonds. The molecular weight excluding hydrogens is 402 g/mol. The number of oxazole rings is 1. The summed E-state index contributed by atoms with van der Waals surface area (Å²) in [5.41, 5.74) is 2.99. The SMILES string of the molecule is CC(C)NS(=O)(=O)Cc1ccc(CNC(=O)Cc2coc(-c3ccccc3)n2)cc1. The van der Waals surface area contributed by atoms with Gasteiger partial charge in [0.05, 0.1) is 17.9 Å². The number of nitrogens with zero attached hydrogens (tertiary/aromatic N) is 1. The Morgan fingerprint density at radius 3 is 2.37 bits per heavy atom. The number of rotatable bonds is 9. The molecule has 0 spiro atoms. The lowest BCUT2D eigenvalue weighted by Gasteiger charge is -2.10. The van der Waals surface area contributed by atoms with E-state index >= 15 is 0 Å². The van der Waals surface area contributed by atoms with Crippen LogP contribution in [0.1, 0.15) is 30.7 Å². The maximum absolute atomic E-state index is 12.2. The molecule has 8 heteroatoms. The van der Waals surface area contributed by atoms with Crippen LogP contribution in [0.15, 0.2) is 65.3 Å². The number of amides is 1. The number of carbonyl (C=O) groups excluding carboxylic acids is 1. The molecule has 1 aromatic heterocycles. The largest absolute Gasteiger partial charge is 0.444 e. The number of aromatic nitrogens is 1. The quantitative estimate of drug-likeness (QED) is 0.547. The lowest BCUT2D eigenvalue weighted by atomic mass is 10.1. The van der Waals surface area contributed by atoms with Gasteiger partial charge in [-0.1, -0.05) is 42.5 Å². The first kappa shape index (κ1) is 21.7. The summed E-state index contributed by atoms with van der Waals surface area (Å²) < 4.78 is 32.0. The minimum Gasteiger partial charge on any atom is -0.444 e. The average molecular weight is 428 g/mol. The monoisotopic (exact) mass is 427 g/mol. The van der Waals surface area contributed by atoms with Gasteiger partial charge in [0.2, 0.25) is 21.8 Å². The molecule has 2 N–H and O–H groups in total. The summed E-state index contributed by atoms with van der Waals surface area (Å²) in [6, 6.07) is 16.5. The van der Waals surface area contributed by atoms with Gasteiger partial charge in [0.25, 0.3) is 0 Å². The highest BCUT2D eigenvalue weighted by atomic mass is 32.2. The van der Waals surface area contributed by atoms with Crippen LogP contribution in [0.5, 0.6) is 0 Å². The first-order valence-electron chi connectivity index (χ1n) is 9.65. The predicted octanol–water partition coefficient (Wildman–Crippen LogP) is 3.03. The molecular formula is C22H25N3O4S. The second-order valence-electron chi connectivity index (χ2n) is 7.31.